The Morgan fingerprint density at radius 2 is 1.95 bits per heavy atom. The van der Waals surface area contributed by atoms with Crippen LogP contribution in [0.15, 0.2) is 53.4 Å². The van der Waals surface area contributed by atoms with Crippen LogP contribution in [0.5, 0.6) is 5.75 Å². The molecule has 0 radical (unpaired) electrons. The summed E-state index contributed by atoms with van der Waals surface area (Å²) < 4.78 is 5.15. The minimum atomic E-state index is 0.153. The van der Waals surface area contributed by atoms with Crippen LogP contribution in [0.2, 0.25) is 0 Å². The molecule has 0 spiro atoms. The van der Waals surface area contributed by atoms with Crippen molar-refractivity contribution in [2.45, 2.75) is 17.7 Å². The van der Waals surface area contributed by atoms with Crippen molar-refractivity contribution in [3.8, 4) is 5.75 Å². The number of hydrogen-bond acceptors (Lipinski definition) is 3. The summed E-state index contributed by atoms with van der Waals surface area (Å²) in [6, 6.07) is 15.6. The smallest absolute Gasteiger partial charge is 0.163 e. The largest absolute Gasteiger partial charge is 0.497 e. The Morgan fingerprint density at radius 1 is 1.15 bits per heavy atom. The Hall–Kier alpha value is -1.74. The van der Waals surface area contributed by atoms with Crippen molar-refractivity contribution >= 4 is 17.5 Å². The maximum atomic E-state index is 12.2. The second-order valence-electron chi connectivity index (χ2n) is 4.47. The third-order valence-electron chi connectivity index (χ3n) is 3.21. The summed E-state index contributed by atoms with van der Waals surface area (Å²) in [6.45, 7) is 0. The summed E-state index contributed by atoms with van der Waals surface area (Å²) in [5.41, 5.74) is 1.95. The molecule has 0 amide bonds. The molecule has 0 unspecified atom stereocenters. The second-order valence-corrected chi connectivity index (χ2v) is 5.32. The summed E-state index contributed by atoms with van der Waals surface area (Å²) in [7, 11) is 1.61. The van der Waals surface area contributed by atoms with Gasteiger partial charge < -0.3 is 4.74 Å². The summed E-state index contributed by atoms with van der Waals surface area (Å²) in [5.74, 6) is 0.875. The highest BCUT2D eigenvalue weighted by Crippen LogP contribution is 2.22. The van der Waals surface area contributed by atoms with Crippen LogP contribution in [0, 0.1) is 0 Å². The predicted molar refractivity (Wildman–Crippen MR) is 83.9 cm³/mol. The lowest BCUT2D eigenvalue weighted by Crippen LogP contribution is -2.02. The average Bonchev–Trinajstić information content (AvgIpc) is 2.52. The van der Waals surface area contributed by atoms with Crippen molar-refractivity contribution < 1.29 is 9.53 Å². The number of methoxy groups -OCH3 is 1. The van der Waals surface area contributed by atoms with Gasteiger partial charge in [-0.1, -0.05) is 30.3 Å². The van der Waals surface area contributed by atoms with Gasteiger partial charge >= 0.3 is 0 Å². The van der Waals surface area contributed by atoms with Crippen LogP contribution in [0.4, 0.5) is 0 Å². The highest BCUT2D eigenvalue weighted by atomic mass is 32.2. The maximum Gasteiger partial charge on any atom is 0.163 e. The first kappa shape index (κ1) is 14.7. The van der Waals surface area contributed by atoms with E-state index in [1.165, 1.54) is 10.5 Å². The van der Waals surface area contributed by atoms with Gasteiger partial charge in [-0.3, -0.25) is 4.79 Å². The summed E-state index contributed by atoms with van der Waals surface area (Å²) in [6.07, 6.45) is 3.35. The van der Waals surface area contributed by atoms with Gasteiger partial charge in [-0.15, -0.1) is 11.8 Å². The number of thioether (sulfide) groups is 1. The third-order valence-corrected chi connectivity index (χ3v) is 4.04. The van der Waals surface area contributed by atoms with E-state index in [1.807, 2.05) is 30.3 Å². The first-order chi connectivity index (χ1) is 9.74. The lowest BCUT2D eigenvalue weighted by molar-refractivity contribution is 0.0982. The van der Waals surface area contributed by atoms with Gasteiger partial charge in [0.25, 0.3) is 0 Å². The predicted octanol–water partition coefficient (Wildman–Crippen LogP) is 4.23. The summed E-state index contributed by atoms with van der Waals surface area (Å²) in [5, 5.41) is 0. The molecule has 0 atom stereocenters. The molecule has 2 aromatic carbocycles. The zero-order valence-electron chi connectivity index (χ0n) is 11.8. The second kappa shape index (κ2) is 7.15. The fourth-order valence-corrected chi connectivity index (χ4v) is 2.75. The van der Waals surface area contributed by atoms with Gasteiger partial charge in [0.15, 0.2) is 5.78 Å². The van der Waals surface area contributed by atoms with Crippen molar-refractivity contribution in [1.82, 2.24) is 0 Å². The lowest BCUT2D eigenvalue weighted by Gasteiger charge is -2.07. The Labute approximate surface area is 124 Å². The molecule has 0 N–H and O–H groups in total. The number of carbonyl (C=O) groups excluding carboxylic acids is 1. The molecule has 2 nitrogen and oxygen atoms in total. The Kier molecular flexibility index (Phi) is 5.24. The number of carbonyl (C=O) groups is 1. The van der Waals surface area contributed by atoms with Gasteiger partial charge in [0.2, 0.25) is 0 Å². The molecular weight excluding hydrogens is 268 g/mol. The monoisotopic (exact) mass is 286 g/mol. The van der Waals surface area contributed by atoms with E-state index < -0.39 is 0 Å². The number of hydrogen-bond donors (Lipinski definition) is 0. The SMILES string of the molecule is COc1cccc(C(=O)CCc2ccccc2SC)c1. The van der Waals surface area contributed by atoms with Gasteiger partial charge in [0.1, 0.15) is 5.75 Å². The topological polar surface area (TPSA) is 26.3 Å². The van der Waals surface area contributed by atoms with Crippen molar-refractivity contribution in [2.24, 2.45) is 0 Å². The molecule has 0 aromatic heterocycles. The van der Waals surface area contributed by atoms with Crippen molar-refractivity contribution in [2.75, 3.05) is 13.4 Å². The maximum absolute atomic E-state index is 12.2. The van der Waals surface area contributed by atoms with E-state index in [0.29, 0.717) is 12.0 Å². The molecular formula is C17H18O2S. The zero-order valence-corrected chi connectivity index (χ0v) is 12.6. The van der Waals surface area contributed by atoms with Crippen molar-refractivity contribution in [3.63, 3.8) is 0 Å². The molecule has 0 saturated heterocycles. The first-order valence-electron chi connectivity index (χ1n) is 6.53. The fraction of sp³-hybridized carbons (Fsp3) is 0.235. The molecule has 0 aliphatic rings. The van der Waals surface area contributed by atoms with Crippen LogP contribution in [-0.4, -0.2) is 19.1 Å². The highest BCUT2D eigenvalue weighted by Gasteiger charge is 2.08. The zero-order chi connectivity index (χ0) is 14.4. The third kappa shape index (κ3) is 3.64. The first-order valence-corrected chi connectivity index (χ1v) is 7.76. The van der Waals surface area contributed by atoms with E-state index in [1.54, 1.807) is 24.9 Å². The molecule has 0 saturated carbocycles. The van der Waals surface area contributed by atoms with E-state index >= 15 is 0 Å². The van der Waals surface area contributed by atoms with Crippen LogP contribution in [0.1, 0.15) is 22.3 Å². The van der Waals surface area contributed by atoms with Crippen LogP contribution in [0.3, 0.4) is 0 Å². The number of Topliss-reactive ketones (excluding diaryl/α,β-unsaturated/α-hetero) is 1. The normalized spacial score (nSPS) is 10.3. The van der Waals surface area contributed by atoms with E-state index in [0.717, 1.165) is 12.2 Å². The van der Waals surface area contributed by atoms with Gasteiger partial charge in [-0.05, 0) is 36.4 Å². The number of ether oxygens (including phenoxy) is 1. The molecule has 0 bridgehead atoms. The minimum Gasteiger partial charge on any atom is -0.497 e. The number of benzene rings is 2. The number of rotatable bonds is 6. The van der Waals surface area contributed by atoms with Gasteiger partial charge in [-0.25, -0.2) is 0 Å². The summed E-state index contributed by atoms with van der Waals surface area (Å²) in [4.78, 5) is 13.5. The van der Waals surface area contributed by atoms with Crippen LogP contribution in [0.25, 0.3) is 0 Å². The van der Waals surface area contributed by atoms with Gasteiger partial charge in [0, 0.05) is 16.9 Å². The van der Waals surface area contributed by atoms with Crippen LogP contribution in [-0.2, 0) is 6.42 Å². The van der Waals surface area contributed by atoms with Gasteiger partial charge in [-0.2, -0.15) is 0 Å². The molecule has 3 heteroatoms. The van der Waals surface area contributed by atoms with E-state index in [-0.39, 0.29) is 5.78 Å². The number of aryl methyl sites for hydroxylation is 1. The van der Waals surface area contributed by atoms with E-state index in [2.05, 4.69) is 18.4 Å². The molecule has 0 fully saturated rings. The Morgan fingerprint density at radius 3 is 2.70 bits per heavy atom. The van der Waals surface area contributed by atoms with Crippen LogP contribution >= 0.6 is 11.8 Å². The molecule has 0 heterocycles. The standard InChI is InChI=1S/C17H18O2S/c1-19-15-8-5-7-14(12-15)16(18)11-10-13-6-3-4-9-17(13)20-2/h3-9,12H,10-11H2,1-2H3. The minimum absolute atomic E-state index is 0.153. The summed E-state index contributed by atoms with van der Waals surface area (Å²) >= 11 is 1.72. The highest BCUT2D eigenvalue weighted by molar-refractivity contribution is 7.98. The van der Waals surface area contributed by atoms with Gasteiger partial charge in [0.05, 0.1) is 7.11 Å². The van der Waals surface area contributed by atoms with Crippen molar-refractivity contribution in [3.05, 3.63) is 59.7 Å². The van der Waals surface area contributed by atoms with Crippen LogP contribution < -0.4 is 4.74 Å². The molecule has 0 aliphatic heterocycles. The Balaban J connectivity index is 2.04. The molecule has 20 heavy (non-hydrogen) atoms. The quantitative estimate of drug-likeness (QED) is 0.587. The molecule has 2 rings (SSSR count). The van der Waals surface area contributed by atoms with Crippen molar-refractivity contribution in [1.29, 1.82) is 0 Å². The fourth-order valence-electron chi connectivity index (χ4n) is 2.10. The molecule has 2 aromatic rings. The Bertz CT molecular complexity index is 593. The van der Waals surface area contributed by atoms with E-state index in [9.17, 15) is 4.79 Å². The lowest BCUT2D eigenvalue weighted by atomic mass is 10.0. The number of ketones is 1. The molecule has 104 valence electrons. The molecule has 0 aliphatic carbocycles. The average molecular weight is 286 g/mol. The van der Waals surface area contributed by atoms with E-state index in [4.69, 9.17) is 4.74 Å².